The van der Waals surface area contributed by atoms with Gasteiger partial charge in [0.15, 0.2) is 0 Å². The van der Waals surface area contributed by atoms with Crippen LogP contribution in [0.4, 0.5) is 4.79 Å². The van der Waals surface area contributed by atoms with E-state index in [1.54, 1.807) is 6.92 Å². The number of rotatable bonds is 4. The van der Waals surface area contributed by atoms with E-state index in [1.165, 1.54) is 6.42 Å². The lowest BCUT2D eigenvalue weighted by Gasteiger charge is -2.37. The van der Waals surface area contributed by atoms with Gasteiger partial charge in [0.05, 0.1) is 5.41 Å². The molecule has 1 aliphatic carbocycles. The molecule has 0 spiro atoms. The van der Waals surface area contributed by atoms with Gasteiger partial charge in [0.2, 0.25) is 5.91 Å². The van der Waals surface area contributed by atoms with Crippen LogP contribution in [0.15, 0.2) is 24.3 Å². The Hall–Kier alpha value is -2.12. The van der Waals surface area contributed by atoms with Crippen molar-refractivity contribution in [3.8, 4) is 0 Å². The molecule has 3 fully saturated rings. The second kappa shape index (κ2) is 7.72. The molecule has 1 saturated carbocycles. The molecule has 0 bridgehead atoms. The molecule has 0 aromatic heterocycles. The summed E-state index contributed by atoms with van der Waals surface area (Å²) in [6, 6.07) is 6.95. The van der Waals surface area contributed by atoms with Crippen LogP contribution >= 0.6 is 12.4 Å². The molecule has 7 nitrogen and oxygen atoms in total. The number of carbonyl (C=O) groups is 3. The number of hydrogen-bond acceptors (Lipinski definition) is 4. The number of nitrogens with one attached hydrogen (secondary N) is 4. The molecular weight excluding hydrogens is 380 g/mol. The molecule has 28 heavy (non-hydrogen) atoms. The van der Waals surface area contributed by atoms with E-state index in [0.717, 1.165) is 37.9 Å². The van der Waals surface area contributed by atoms with Crippen molar-refractivity contribution in [1.29, 1.82) is 0 Å². The Bertz CT molecular complexity index is 784. The topological polar surface area (TPSA) is 99.3 Å². The van der Waals surface area contributed by atoms with Crippen LogP contribution < -0.4 is 21.3 Å². The van der Waals surface area contributed by atoms with Gasteiger partial charge in [-0.15, -0.1) is 12.4 Å². The number of benzene rings is 1. The van der Waals surface area contributed by atoms with Crippen molar-refractivity contribution in [1.82, 2.24) is 21.3 Å². The molecule has 152 valence electrons. The van der Waals surface area contributed by atoms with E-state index in [2.05, 4.69) is 21.3 Å². The molecule has 4 rings (SSSR count). The van der Waals surface area contributed by atoms with Crippen molar-refractivity contribution < 1.29 is 14.4 Å². The SMILES string of the molecule is CC1(c2ccc(CNC(=O)[C@@]34CCCC[C@H]3CNC4)cc2)NC(=O)NC1=O.Cl. The maximum Gasteiger partial charge on any atom is 0.322 e. The third-order valence-corrected chi connectivity index (χ3v) is 6.52. The zero-order valence-corrected chi connectivity index (χ0v) is 16.8. The minimum absolute atomic E-state index is 0. The number of urea groups is 1. The average molecular weight is 407 g/mol. The Kier molecular flexibility index (Phi) is 5.68. The molecule has 2 aliphatic heterocycles. The predicted molar refractivity (Wildman–Crippen MR) is 107 cm³/mol. The van der Waals surface area contributed by atoms with E-state index in [4.69, 9.17) is 0 Å². The van der Waals surface area contributed by atoms with Gasteiger partial charge >= 0.3 is 6.03 Å². The minimum Gasteiger partial charge on any atom is -0.351 e. The van der Waals surface area contributed by atoms with Gasteiger partial charge in [-0.25, -0.2) is 4.79 Å². The monoisotopic (exact) mass is 406 g/mol. The summed E-state index contributed by atoms with van der Waals surface area (Å²) in [5, 5.41) is 11.4. The van der Waals surface area contributed by atoms with E-state index >= 15 is 0 Å². The number of amides is 4. The number of carbonyl (C=O) groups excluding carboxylic acids is 3. The molecule has 1 aromatic rings. The first-order valence-electron chi connectivity index (χ1n) is 9.66. The van der Waals surface area contributed by atoms with Crippen LogP contribution in [0.2, 0.25) is 0 Å². The standard InChI is InChI=1S/C20H26N4O3.ClH/c1-19(16(25)23-18(27)24-19)14-7-5-13(6-8-14)10-22-17(26)20-9-3-2-4-15(20)11-21-12-20;/h5-8,15,21H,2-4,9-12H2,1H3,(H,22,26)(H2,23,24,25,27);1H/t15-,19?,20+;/m0./s1. The molecule has 2 saturated heterocycles. The first-order valence-corrected chi connectivity index (χ1v) is 9.66. The van der Waals surface area contributed by atoms with Crippen LogP contribution in [0, 0.1) is 11.3 Å². The summed E-state index contributed by atoms with van der Waals surface area (Å²) >= 11 is 0. The smallest absolute Gasteiger partial charge is 0.322 e. The Morgan fingerprint density at radius 2 is 1.96 bits per heavy atom. The van der Waals surface area contributed by atoms with Gasteiger partial charge in [-0.1, -0.05) is 37.1 Å². The predicted octanol–water partition coefficient (Wildman–Crippen LogP) is 1.56. The summed E-state index contributed by atoms with van der Waals surface area (Å²) in [4.78, 5) is 36.4. The Labute approximate surface area is 170 Å². The van der Waals surface area contributed by atoms with Crippen molar-refractivity contribution in [2.75, 3.05) is 13.1 Å². The maximum atomic E-state index is 12.9. The molecule has 0 radical (unpaired) electrons. The largest absolute Gasteiger partial charge is 0.351 e. The lowest BCUT2D eigenvalue weighted by Crippen LogP contribution is -2.47. The molecule has 3 atom stereocenters. The third-order valence-electron chi connectivity index (χ3n) is 6.52. The second-order valence-corrected chi connectivity index (χ2v) is 8.14. The lowest BCUT2D eigenvalue weighted by molar-refractivity contribution is -0.134. The highest BCUT2D eigenvalue weighted by Crippen LogP contribution is 2.43. The number of halogens is 1. The fraction of sp³-hybridized carbons (Fsp3) is 0.550. The summed E-state index contributed by atoms with van der Waals surface area (Å²) in [6.07, 6.45) is 4.42. The second-order valence-electron chi connectivity index (χ2n) is 8.14. The van der Waals surface area contributed by atoms with E-state index < -0.39 is 11.6 Å². The van der Waals surface area contributed by atoms with Gasteiger partial charge in [0, 0.05) is 13.1 Å². The van der Waals surface area contributed by atoms with Crippen molar-refractivity contribution >= 4 is 30.3 Å². The summed E-state index contributed by atoms with van der Waals surface area (Å²) in [6.45, 7) is 3.85. The molecule has 8 heteroatoms. The van der Waals surface area contributed by atoms with Gasteiger partial charge in [0.1, 0.15) is 5.54 Å². The van der Waals surface area contributed by atoms with Crippen LogP contribution in [-0.4, -0.2) is 30.9 Å². The van der Waals surface area contributed by atoms with E-state index in [-0.39, 0.29) is 29.6 Å². The maximum absolute atomic E-state index is 12.9. The molecular formula is C20H27ClN4O3. The highest BCUT2D eigenvalue weighted by atomic mass is 35.5. The van der Waals surface area contributed by atoms with Gasteiger partial charge in [0.25, 0.3) is 5.91 Å². The number of imide groups is 1. The normalized spacial score (nSPS) is 31.4. The molecule has 3 aliphatic rings. The molecule has 1 unspecified atom stereocenters. The Morgan fingerprint density at radius 3 is 2.64 bits per heavy atom. The molecule has 1 aromatic carbocycles. The minimum atomic E-state index is -1.05. The van der Waals surface area contributed by atoms with Crippen molar-refractivity contribution in [3.63, 3.8) is 0 Å². The quantitative estimate of drug-likeness (QED) is 0.570. The molecule has 2 heterocycles. The van der Waals surface area contributed by atoms with Gasteiger partial charge < -0.3 is 16.0 Å². The summed E-state index contributed by atoms with van der Waals surface area (Å²) < 4.78 is 0. The number of hydrogen-bond donors (Lipinski definition) is 4. The Balaban J connectivity index is 0.00000225. The summed E-state index contributed by atoms with van der Waals surface area (Å²) in [5.41, 5.74) is 0.377. The fourth-order valence-electron chi connectivity index (χ4n) is 4.75. The van der Waals surface area contributed by atoms with Crippen LogP contribution in [0.25, 0.3) is 0 Å². The first kappa shape index (κ1) is 20.6. The third kappa shape index (κ3) is 3.37. The number of fused-ring (bicyclic) bond motifs is 1. The van der Waals surface area contributed by atoms with Gasteiger partial charge in [-0.3, -0.25) is 14.9 Å². The van der Waals surface area contributed by atoms with Crippen LogP contribution in [0.5, 0.6) is 0 Å². The Morgan fingerprint density at radius 1 is 1.21 bits per heavy atom. The van der Waals surface area contributed by atoms with E-state index in [0.29, 0.717) is 18.0 Å². The highest BCUT2D eigenvalue weighted by molar-refractivity contribution is 6.07. The molecule has 4 amide bonds. The van der Waals surface area contributed by atoms with Crippen molar-refractivity contribution in [2.45, 2.75) is 44.7 Å². The zero-order chi connectivity index (χ0) is 19.1. The summed E-state index contributed by atoms with van der Waals surface area (Å²) in [7, 11) is 0. The van der Waals surface area contributed by atoms with Crippen molar-refractivity contribution in [3.05, 3.63) is 35.4 Å². The summed E-state index contributed by atoms with van der Waals surface area (Å²) in [5.74, 6) is 0.235. The van der Waals surface area contributed by atoms with Crippen molar-refractivity contribution in [2.24, 2.45) is 11.3 Å². The molecule has 4 N–H and O–H groups in total. The highest BCUT2D eigenvalue weighted by Gasteiger charge is 2.49. The first-order chi connectivity index (χ1) is 12.9. The fourth-order valence-corrected chi connectivity index (χ4v) is 4.75. The average Bonchev–Trinajstić information content (AvgIpc) is 3.22. The van der Waals surface area contributed by atoms with Crippen LogP contribution in [-0.2, 0) is 21.7 Å². The van der Waals surface area contributed by atoms with Gasteiger partial charge in [-0.05, 0) is 43.4 Å². The van der Waals surface area contributed by atoms with Crippen LogP contribution in [0.1, 0.15) is 43.7 Å². The van der Waals surface area contributed by atoms with Crippen LogP contribution in [0.3, 0.4) is 0 Å². The van der Waals surface area contributed by atoms with Gasteiger partial charge in [-0.2, -0.15) is 0 Å². The van der Waals surface area contributed by atoms with E-state index in [9.17, 15) is 14.4 Å². The zero-order valence-electron chi connectivity index (χ0n) is 16.0. The van der Waals surface area contributed by atoms with E-state index in [1.807, 2.05) is 24.3 Å². The lowest BCUT2D eigenvalue weighted by atomic mass is 9.67.